The molecule has 168 valence electrons. The number of amides is 1. The fraction of sp³-hybridized carbons (Fsp3) is 0.208. The lowest BCUT2D eigenvalue weighted by molar-refractivity contribution is -0.695. The van der Waals surface area contributed by atoms with Gasteiger partial charge in [-0.25, -0.2) is 4.57 Å². The van der Waals surface area contributed by atoms with Gasteiger partial charge in [0.15, 0.2) is 22.9 Å². The van der Waals surface area contributed by atoms with Crippen LogP contribution < -0.4 is 9.30 Å². The summed E-state index contributed by atoms with van der Waals surface area (Å²) in [7, 11) is 1.51. The number of H-pyrrole nitrogens is 1. The van der Waals surface area contributed by atoms with Crippen LogP contribution in [0.3, 0.4) is 0 Å². The van der Waals surface area contributed by atoms with Gasteiger partial charge in [0.25, 0.3) is 5.91 Å². The first-order chi connectivity index (χ1) is 16.1. The van der Waals surface area contributed by atoms with Gasteiger partial charge >= 0.3 is 0 Å². The van der Waals surface area contributed by atoms with E-state index >= 15 is 0 Å². The van der Waals surface area contributed by atoms with Crippen molar-refractivity contribution in [2.45, 2.75) is 19.0 Å². The van der Waals surface area contributed by atoms with Crippen molar-refractivity contribution in [2.24, 2.45) is 0 Å². The van der Waals surface area contributed by atoms with Gasteiger partial charge < -0.3 is 23.6 Å². The van der Waals surface area contributed by atoms with Crippen molar-refractivity contribution >= 4 is 22.7 Å². The van der Waals surface area contributed by atoms with E-state index in [1.165, 1.54) is 18.3 Å². The Morgan fingerprint density at radius 1 is 1.30 bits per heavy atom. The molecule has 33 heavy (non-hydrogen) atoms. The standard InChI is InChI=1S/C24H21N3O6/c1-31-17-6-2-5-15-13-18(33-23(15)17)21(28)19-20(16-7-3-12-32-16)27(24(30)22(19)29)10-4-9-26-11-8-25-14-26/h2-3,5-8,11-14,20H,4,9-10H2,1H3,(H,28,29)/p+1. The second-order valence-corrected chi connectivity index (χ2v) is 7.70. The fourth-order valence-electron chi connectivity index (χ4n) is 4.18. The lowest BCUT2D eigenvalue weighted by Gasteiger charge is -2.24. The van der Waals surface area contributed by atoms with Crippen molar-refractivity contribution in [2.75, 3.05) is 13.7 Å². The van der Waals surface area contributed by atoms with Crippen molar-refractivity contribution in [3.8, 4) is 5.75 Å². The van der Waals surface area contributed by atoms with Crippen LogP contribution >= 0.6 is 0 Å². The Labute approximate surface area is 188 Å². The fourth-order valence-corrected chi connectivity index (χ4v) is 4.18. The van der Waals surface area contributed by atoms with Crippen LogP contribution in [0.15, 0.2) is 81.5 Å². The smallest absolute Gasteiger partial charge is 0.290 e. The number of carbonyl (C=O) groups is 2. The molecule has 1 aliphatic rings. The number of benzene rings is 1. The number of ether oxygens (including phenoxy) is 1. The third kappa shape index (κ3) is 3.57. The largest absolute Gasteiger partial charge is 0.503 e. The van der Waals surface area contributed by atoms with Gasteiger partial charge in [0.2, 0.25) is 12.1 Å². The molecule has 0 aliphatic carbocycles. The average molecular weight is 448 g/mol. The molecule has 1 aliphatic heterocycles. The molecular weight excluding hydrogens is 426 g/mol. The lowest BCUT2D eigenvalue weighted by atomic mass is 9.99. The van der Waals surface area contributed by atoms with E-state index in [-0.39, 0.29) is 11.3 Å². The first-order valence-corrected chi connectivity index (χ1v) is 10.5. The number of furan rings is 2. The molecule has 9 nitrogen and oxygen atoms in total. The molecule has 1 aromatic carbocycles. The molecule has 5 rings (SSSR count). The van der Waals surface area contributed by atoms with E-state index in [9.17, 15) is 14.7 Å². The van der Waals surface area contributed by atoms with Crippen molar-refractivity contribution in [3.63, 3.8) is 0 Å². The molecule has 0 spiro atoms. The zero-order valence-electron chi connectivity index (χ0n) is 17.9. The number of carbonyl (C=O) groups excluding carboxylic acids is 2. The molecule has 1 unspecified atom stereocenters. The van der Waals surface area contributed by atoms with Crippen LogP contribution in [-0.4, -0.2) is 40.3 Å². The number of ketones is 1. The van der Waals surface area contributed by atoms with Crippen LogP contribution in [0.25, 0.3) is 11.0 Å². The molecule has 0 radical (unpaired) electrons. The molecule has 0 fully saturated rings. The number of para-hydroxylation sites is 1. The number of aromatic nitrogens is 2. The molecule has 1 amide bonds. The summed E-state index contributed by atoms with van der Waals surface area (Å²) in [5.41, 5.74) is 0.352. The zero-order chi connectivity index (χ0) is 22.9. The van der Waals surface area contributed by atoms with Crippen molar-refractivity contribution in [3.05, 3.63) is 84.2 Å². The lowest BCUT2D eigenvalue weighted by Crippen LogP contribution is -2.36. The summed E-state index contributed by atoms with van der Waals surface area (Å²) in [6, 6.07) is 9.39. The second kappa shape index (κ2) is 8.34. The van der Waals surface area contributed by atoms with E-state index in [2.05, 4.69) is 4.98 Å². The number of hydrogen-bond acceptors (Lipinski definition) is 6. The van der Waals surface area contributed by atoms with Crippen LogP contribution in [0.2, 0.25) is 0 Å². The van der Waals surface area contributed by atoms with Crippen molar-refractivity contribution in [1.29, 1.82) is 0 Å². The van der Waals surface area contributed by atoms with Gasteiger partial charge in [-0.2, -0.15) is 0 Å². The first-order valence-electron chi connectivity index (χ1n) is 10.5. The number of nitrogens with zero attached hydrogens (tertiary/aromatic N) is 2. The predicted octanol–water partition coefficient (Wildman–Crippen LogP) is 3.32. The molecule has 2 N–H and O–H groups in total. The summed E-state index contributed by atoms with van der Waals surface area (Å²) < 4.78 is 18.6. The summed E-state index contributed by atoms with van der Waals surface area (Å²) >= 11 is 0. The minimum absolute atomic E-state index is 0.00475. The summed E-state index contributed by atoms with van der Waals surface area (Å²) in [6.45, 7) is 0.975. The average Bonchev–Trinajstić information content (AvgIpc) is 3.62. The molecule has 9 heteroatoms. The zero-order valence-corrected chi connectivity index (χ0v) is 17.9. The number of hydrogen-bond donors (Lipinski definition) is 2. The van der Waals surface area contributed by atoms with Crippen molar-refractivity contribution < 1.29 is 32.8 Å². The number of Topliss-reactive ketones (excluding diaryl/α,β-unsaturated/α-hetero) is 1. The van der Waals surface area contributed by atoms with E-state index in [4.69, 9.17) is 13.6 Å². The molecule has 0 saturated carbocycles. The molecule has 0 saturated heterocycles. The summed E-state index contributed by atoms with van der Waals surface area (Å²) in [6.07, 6.45) is 7.59. The van der Waals surface area contributed by atoms with Gasteiger partial charge in [-0.15, -0.1) is 0 Å². The maximum absolute atomic E-state index is 13.5. The van der Waals surface area contributed by atoms with Gasteiger partial charge in [-0.3, -0.25) is 14.6 Å². The predicted molar refractivity (Wildman–Crippen MR) is 116 cm³/mol. The van der Waals surface area contributed by atoms with Crippen LogP contribution in [0, 0.1) is 0 Å². The van der Waals surface area contributed by atoms with Gasteiger partial charge in [-0.05, 0) is 24.3 Å². The van der Waals surface area contributed by atoms with E-state index in [0.717, 1.165) is 0 Å². The highest BCUT2D eigenvalue weighted by Gasteiger charge is 2.45. The van der Waals surface area contributed by atoms with Crippen LogP contribution in [-0.2, 0) is 11.3 Å². The normalized spacial score (nSPS) is 16.2. The third-order valence-corrected chi connectivity index (χ3v) is 5.73. The summed E-state index contributed by atoms with van der Waals surface area (Å²) in [5.74, 6) is -0.916. The minimum atomic E-state index is -0.855. The number of fused-ring (bicyclic) bond motifs is 1. The van der Waals surface area contributed by atoms with E-state index in [1.54, 1.807) is 42.6 Å². The number of aryl methyl sites for hydroxylation is 1. The number of aromatic amines is 1. The highest BCUT2D eigenvalue weighted by Crippen LogP contribution is 2.40. The van der Waals surface area contributed by atoms with Gasteiger partial charge in [0.05, 0.1) is 25.5 Å². The first kappa shape index (κ1) is 20.6. The highest BCUT2D eigenvalue weighted by atomic mass is 16.5. The second-order valence-electron chi connectivity index (χ2n) is 7.70. The third-order valence-electron chi connectivity index (χ3n) is 5.73. The Morgan fingerprint density at radius 2 is 2.18 bits per heavy atom. The maximum atomic E-state index is 13.5. The Kier molecular flexibility index (Phi) is 5.21. The van der Waals surface area contributed by atoms with Crippen LogP contribution in [0.4, 0.5) is 0 Å². The number of aliphatic hydroxyl groups is 1. The number of rotatable bonds is 8. The SMILES string of the molecule is COc1cccc2cc(C(=O)C3=C(O)C(=O)N(CCC[n+]4cc[nH]c4)C3c3ccco3)oc12. The highest BCUT2D eigenvalue weighted by molar-refractivity contribution is 6.16. The number of methoxy groups -OCH3 is 1. The monoisotopic (exact) mass is 448 g/mol. The number of imidazole rings is 1. The maximum Gasteiger partial charge on any atom is 0.290 e. The Hall–Kier alpha value is -4.27. The molecular formula is C24H22N3O6+. The molecule has 1 atom stereocenters. The number of aliphatic hydroxyl groups excluding tert-OH is 1. The number of nitrogens with one attached hydrogen (secondary N) is 1. The van der Waals surface area contributed by atoms with Crippen molar-refractivity contribution in [1.82, 2.24) is 9.88 Å². The molecule has 3 aromatic heterocycles. The molecule has 4 aromatic rings. The Bertz CT molecular complexity index is 1330. The van der Waals surface area contributed by atoms with Crippen LogP contribution in [0.5, 0.6) is 5.75 Å². The van der Waals surface area contributed by atoms with E-state index in [0.29, 0.717) is 42.0 Å². The van der Waals surface area contributed by atoms with Gasteiger partial charge in [-0.1, -0.05) is 12.1 Å². The summed E-state index contributed by atoms with van der Waals surface area (Å²) in [4.78, 5) is 30.9. The molecule has 0 bridgehead atoms. The topological polar surface area (TPSA) is 113 Å². The summed E-state index contributed by atoms with van der Waals surface area (Å²) in [5, 5.41) is 11.4. The quantitative estimate of drug-likeness (QED) is 0.316. The molecule has 4 heterocycles. The van der Waals surface area contributed by atoms with E-state index < -0.39 is 23.5 Å². The van der Waals surface area contributed by atoms with Gasteiger partial charge in [0.1, 0.15) is 24.2 Å². The van der Waals surface area contributed by atoms with E-state index in [1.807, 2.05) is 17.1 Å². The minimum Gasteiger partial charge on any atom is -0.503 e. The van der Waals surface area contributed by atoms with Crippen LogP contribution in [0.1, 0.15) is 28.8 Å². The Balaban J connectivity index is 1.48. The Morgan fingerprint density at radius 3 is 2.91 bits per heavy atom. The van der Waals surface area contributed by atoms with Gasteiger partial charge in [0, 0.05) is 18.4 Å².